The summed E-state index contributed by atoms with van der Waals surface area (Å²) in [5.41, 5.74) is 0.756. The number of likely N-dealkylation sites (tertiary alicyclic amines) is 1. The van der Waals surface area contributed by atoms with Crippen LogP contribution in [0.1, 0.15) is 27.2 Å². The molecule has 1 aromatic carbocycles. The lowest BCUT2D eigenvalue weighted by Crippen LogP contribution is -2.50. The van der Waals surface area contributed by atoms with E-state index in [1.807, 2.05) is 49.9 Å². The van der Waals surface area contributed by atoms with E-state index >= 15 is 0 Å². The Morgan fingerprint density at radius 1 is 1.45 bits per heavy atom. The van der Waals surface area contributed by atoms with Crippen molar-refractivity contribution in [2.75, 3.05) is 25.0 Å². The highest BCUT2D eigenvalue weighted by Gasteiger charge is 2.30. The fourth-order valence-corrected chi connectivity index (χ4v) is 2.64. The summed E-state index contributed by atoms with van der Waals surface area (Å²) in [7, 11) is 0. The molecule has 0 saturated carbocycles. The number of hydrogen-bond acceptors (Lipinski definition) is 4. The van der Waals surface area contributed by atoms with Crippen molar-refractivity contribution in [1.29, 1.82) is 0 Å². The van der Waals surface area contributed by atoms with E-state index in [9.17, 15) is 9.90 Å². The van der Waals surface area contributed by atoms with Crippen LogP contribution in [0.25, 0.3) is 0 Å². The van der Waals surface area contributed by atoms with Crippen LogP contribution in [0, 0.1) is 5.92 Å². The maximum absolute atomic E-state index is 12.3. The van der Waals surface area contributed by atoms with Gasteiger partial charge in [-0.25, -0.2) is 0 Å². The molecule has 1 saturated heterocycles. The molecule has 1 fully saturated rings. The number of benzene rings is 1. The van der Waals surface area contributed by atoms with Gasteiger partial charge >= 0.3 is 0 Å². The second kappa shape index (κ2) is 7.61. The lowest BCUT2D eigenvalue weighted by molar-refractivity contribution is -0.122. The lowest BCUT2D eigenvalue weighted by atomic mass is 9.95. The Bertz CT molecular complexity index is 489. The van der Waals surface area contributed by atoms with Crippen LogP contribution in [-0.2, 0) is 4.79 Å². The minimum Gasteiger partial charge on any atom is -0.494 e. The van der Waals surface area contributed by atoms with Gasteiger partial charge in [-0.1, -0.05) is 6.92 Å². The van der Waals surface area contributed by atoms with E-state index in [0.29, 0.717) is 19.1 Å². The molecule has 3 unspecified atom stereocenters. The van der Waals surface area contributed by atoms with Crippen LogP contribution < -0.4 is 10.1 Å². The Morgan fingerprint density at radius 2 is 2.14 bits per heavy atom. The van der Waals surface area contributed by atoms with Gasteiger partial charge in [-0.2, -0.15) is 0 Å². The number of aliphatic hydroxyl groups is 1. The molecule has 22 heavy (non-hydrogen) atoms. The first kappa shape index (κ1) is 16.8. The van der Waals surface area contributed by atoms with Gasteiger partial charge in [0.05, 0.1) is 18.8 Å². The SMILES string of the molecule is CCOc1ccc(NC(=O)C(C)N2CCC(C)C(O)C2)cc1. The van der Waals surface area contributed by atoms with Crippen LogP contribution >= 0.6 is 0 Å². The molecule has 1 aliphatic rings. The topological polar surface area (TPSA) is 61.8 Å². The van der Waals surface area contributed by atoms with Gasteiger partial charge in [0.2, 0.25) is 5.91 Å². The number of nitrogens with zero attached hydrogens (tertiary/aromatic N) is 1. The molecule has 0 radical (unpaired) electrons. The predicted molar refractivity (Wildman–Crippen MR) is 87.1 cm³/mol. The lowest BCUT2D eigenvalue weighted by Gasteiger charge is -2.37. The minimum absolute atomic E-state index is 0.0501. The molecule has 5 nitrogen and oxygen atoms in total. The third kappa shape index (κ3) is 4.21. The number of anilines is 1. The number of carbonyl (C=O) groups excluding carboxylic acids is 1. The molecule has 122 valence electrons. The molecule has 0 aliphatic carbocycles. The summed E-state index contributed by atoms with van der Waals surface area (Å²) in [6.07, 6.45) is 0.566. The van der Waals surface area contributed by atoms with Crippen LogP contribution in [0.4, 0.5) is 5.69 Å². The van der Waals surface area contributed by atoms with Gasteiger partial charge in [-0.3, -0.25) is 9.69 Å². The van der Waals surface area contributed by atoms with Gasteiger partial charge in [0.25, 0.3) is 0 Å². The standard InChI is InChI=1S/C17H26N2O3/c1-4-22-15-7-5-14(6-8-15)18-17(21)13(3)19-10-9-12(2)16(20)11-19/h5-8,12-13,16,20H,4,9-11H2,1-3H3,(H,18,21). The Balaban J connectivity index is 1.90. The first-order valence-corrected chi connectivity index (χ1v) is 7.97. The van der Waals surface area contributed by atoms with E-state index in [1.54, 1.807) is 0 Å². The highest BCUT2D eigenvalue weighted by Crippen LogP contribution is 2.20. The molecule has 1 aromatic rings. The van der Waals surface area contributed by atoms with Crippen LogP contribution in [0.15, 0.2) is 24.3 Å². The third-order valence-electron chi connectivity index (χ3n) is 4.31. The quantitative estimate of drug-likeness (QED) is 0.875. The monoisotopic (exact) mass is 306 g/mol. The summed E-state index contributed by atoms with van der Waals surface area (Å²) < 4.78 is 5.38. The summed E-state index contributed by atoms with van der Waals surface area (Å²) in [6.45, 7) is 7.89. The molecular weight excluding hydrogens is 280 g/mol. The normalized spacial score (nSPS) is 23.8. The Hall–Kier alpha value is -1.59. The minimum atomic E-state index is -0.352. The van der Waals surface area contributed by atoms with Crippen molar-refractivity contribution in [2.45, 2.75) is 39.3 Å². The molecule has 1 heterocycles. The third-order valence-corrected chi connectivity index (χ3v) is 4.31. The van der Waals surface area contributed by atoms with E-state index in [1.165, 1.54) is 0 Å². The number of rotatable bonds is 5. The number of nitrogens with one attached hydrogen (secondary N) is 1. The molecule has 0 aromatic heterocycles. The Kier molecular flexibility index (Phi) is 5.80. The van der Waals surface area contributed by atoms with Crippen molar-refractivity contribution in [1.82, 2.24) is 4.90 Å². The summed E-state index contributed by atoms with van der Waals surface area (Å²) in [6, 6.07) is 7.10. The van der Waals surface area contributed by atoms with Crippen molar-refractivity contribution in [2.24, 2.45) is 5.92 Å². The van der Waals surface area contributed by atoms with Crippen LogP contribution in [0.5, 0.6) is 5.75 Å². The molecule has 1 amide bonds. The largest absolute Gasteiger partial charge is 0.494 e. The number of amides is 1. The number of β-amino-alcohol motifs (C(OH)–C–C–N with tert-alkyl or cyclic N) is 1. The van der Waals surface area contributed by atoms with Gasteiger partial charge in [-0.15, -0.1) is 0 Å². The van der Waals surface area contributed by atoms with Crippen molar-refractivity contribution < 1.29 is 14.6 Å². The van der Waals surface area contributed by atoms with Gasteiger partial charge < -0.3 is 15.2 Å². The summed E-state index contributed by atoms with van der Waals surface area (Å²) in [4.78, 5) is 14.4. The van der Waals surface area contributed by atoms with Crippen molar-refractivity contribution in [3.63, 3.8) is 0 Å². The van der Waals surface area contributed by atoms with Gasteiger partial charge in [0.1, 0.15) is 5.75 Å². The molecule has 0 bridgehead atoms. The maximum atomic E-state index is 12.3. The first-order valence-electron chi connectivity index (χ1n) is 7.97. The molecule has 2 N–H and O–H groups in total. The number of carbonyl (C=O) groups is 1. The second-order valence-corrected chi connectivity index (χ2v) is 5.95. The summed E-state index contributed by atoms with van der Waals surface area (Å²) in [5.74, 6) is 1.05. The van der Waals surface area contributed by atoms with Gasteiger partial charge in [0.15, 0.2) is 0 Å². The van der Waals surface area contributed by atoms with Crippen LogP contribution in [0.2, 0.25) is 0 Å². The van der Waals surface area contributed by atoms with Gasteiger partial charge in [0, 0.05) is 12.2 Å². The van der Waals surface area contributed by atoms with E-state index in [0.717, 1.165) is 24.4 Å². The highest BCUT2D eigenvalue weighted by molar-refractivity contribution is 5.94. The highest BCUT2D eigenvalue weighted by atomic mass is 16.5. The number of ether oxygens (including phenoxy) is 1. The predicted octanol–water partition coefficient (Wildman–Crippen LogP) is 2.12. The van der Waals surface area contributed by atoms with Gasteiger partial charge in [-0.05, 0) is 57.0 Å². The zero-order valence-corrected chi connectivity index (χ0v) is 13.6. The average molecular weight is 306 g/mol. The summed E-state index contributed by atoms with van der Waals surface area (Å²) >= 11 is 0. The van der Waals surface area contributed by atoms with E-state index < -0.39 is 0 Å². The smallest absolute Gasteiger partial charge is 0.241 e. The number of piperidine rings is 1. The molecular formula is C17H26N2O3. The Morgan fingerprint density at radius 3 is 2.73 bits per heavy atom. The van der Waals surface area contributed by atoms with Crippen LogP contribution in [-0.4, -0.2) is 47.8 Å². The fourth-order valence-electron chi connectivity index (χ4n) is 2.64. The molecule has 3 atom stereocenters. The number of aliphatic hydroxyl groups excluding tert-OH is 1. The van der Waals surface area contributed by atoms with E-state index in [-0.39, 0.29) is 18.1 Å². The van der Waals surface area contributed by atoms with Crippen LogP contribution in [0.3, 0.4) is 0 Å². The molecule has 1 aliphatic heterocycles. The maximum Gasteiger partial charge on any atom is 0.241 e. The second-order valence-electron chi connectivity index (χ2n) is 5.95. The molecule has 2 rings (SSSR count). The van der Waals surface area contributed by atoms with E-state index in [2.05, 4.69) is 5.32 Å². The Labute approximate surface area is 132 Å². The number of hydrogen-bond donors (Lipinski definition) is 2. The zero-order valence-electron chi connectivity index (χ0n) is 13.6. The average Bonchev–Trinajstić information content (AvgIpc) is 2.51. The first-order chi connectivity index (χ1) is 10.5. The fraction of sp³-hybridized carbons (Fsp3) is 0.588. The van der Waals surface area contributed by atoms with Crippen molar-refractivity contribution >= 4 is 11.6 Å². The van der Waals surface area contributed by atoms with Crippen molar-refractivity contribution in [3.8, 4) is 5.75 Å². The summed E-state index contributed by atoms with van der Waals surface area (Å²) in [5, 5.41) is 12.9. The van der Waals surface area contributed by atoms with E-state index in [4.69, 9.17) is 4.74 Å². The molecule has 5 heteroatoms. The van der Waals surface area contributed by atoms with Crippen molar-refractivity contribution in [3.05, 3.63) is 24.3 Å². The zero-order chi connectivity index (χ0) is 16.1. The molecule has 0 spiro atoms.